The van der Waals surface area contributed by atoms with Gasteiger partial charge in [0.05, 0.1) is 6.21 Å². The molecule has 0 amide bonds. The number of rotatable bonds is 2. The predicted octanol–water partition coefficient (Wildman–Crippen LogP) is 2.91. The highest BCUT2D eigenvalue weighted by Gasteiger charge is 1.89. The highest BCUT2D eigenvalue weighted by Crippen LogP contribution is 2.07. The SMILES string of the molecule is CSC(=S)N/N=C\c1ccc(Cl)cc1. The molecule has 14 heavy (non-hydrogen) atoms. The van der Waals surface area contributed by atoms with E-state index in [2.05, 4.69) is 10.5 Å². The number of halogens is 1. The minimum Gasteiger partial charge on any atom is -0.262 e. The van der Waals surface area contributed by atoms with Crippen LogP contribution in [0.5, 0.6) is 0 Å². The third kappa shape index (κ3) is 4.09. The van der Waals surface area contributed by atoms with Crippen molar-refractivity contribution in [1.29, 1.82) is 0 Å². The first-order chi connectivity index (χ1) is 6.72. The Labute approximate surface area is 97.7 Å². The lowest BCUT2D eigenvalue weighted by Crippen LogP contribution is -2.10. The van der Waals surface area contributed by atoms with E-state index in [0.29, 0.717) is 4.32 Å². The highest BCUT2D eigenvalue weighted by molar-refractivity contribution is 8.22. The maximum Gasteiger partial charge on any atom is 0.153 e. The van der Waals surface area contributed by atoms with Gasteiger partial charge in [0.25, 0.3) is 0 Å². The Kier molecular flexibility index (Phi) is 4.93. The summed E-state index contributed by atoms with van der Waals surface area (Å²) in [5, 5.41) is 4.68. The van der Waals surface area contributed by atoms with Crippen LogP contribution < -0.4 is 5.43 Å². The highest BCUT2D eigenvalue weighted by atomic mass is 35.5. The molecule has 0 aliphatic carbocycles. The van der Waals surface area contributed by atoms with E-state index in [-0.39, 0.29) is 0 Å². The summed E-state index contributed by atoms with van der Waals surface area (Å²) in [6, 6.07) is 7.40. The Balaban J connectivity index is 2.52. The number of nitrogens with zero attached hydrogens (tertiary/aromatic N) is 1. The molecule has 0 bridgehead atoms. The van der Waals surface area contributed by atoms with Gasteiger partial charge in [-0.3, -0.25) is 5.43 Å². The van der Waals surface area contributed by atoms with Gasteiger partial charge in [0, 0.05) is 5.02 Å². The molecule has 0 heterocycles. The fraction of sp³-hybridized carbons (Fsp3) is 0.111. The molecule has 0 aliphatic rings. The maximum atomic E-state index is 5.73. The first-order valence-electron chi connectivity index (χ1n) is 3.85. The zero-order chi connectivity index (χ0) is 10.4. The second kappa shape index (κ2) is 6.01. The average molecular weight is 245 g/mol. The van der Waals surface area contributed by atoms with Crippen LogP contribution >= 0.6 is 35.6 Å². The van der Waals surface area contributed by atoms with E-state index in [0.717, 1.165) is 10.6 Å². The van der Waals surface area contributed by atoms with Crippen molar-refractivity contribution in [2.24, 2.45) is 5.10 Å². The minimum absolute atomic E-state index is 0.648. The smallest absolute Gasteiger partial charge is 0.153 e. The normalized spacial score (nSPS) is 10.4. The van der Waals surface area contributed by atoms with Crippen molar-refractivity contribution >= 4 is 46.1 Å². The Morgan fingerprint density at radius 2 is 2.14 bits per heavy atom. The molecule has 0 aromatic heterocycles. The van der Waals surface area contributed by atoms with Crippen LogP contribution in [0.2, 0.25) is 5.02 Å². The summed E-state index contributed by atoms with van der Waals surface area (Å²) >= 11 is 12.1. The van der Waals surface area contributed by atoms with Crippen LogP contribution in [0.25, 0.3) is 0 Å². The molecule has 0 fully saturated rings. The van der Waals surface area contributed by atoms with Gasteiger partial charge in [-0.2, -0.15) is 5.10 Å². The summed E-state index contributed by atoms with van der Waals surface area (Å²) in [4.78, 5) is 0. The number of hydrazone groups is 1. The zero-order valence-corrected chi connectivity index (χ0v) is 9.92. The Morgan fingerprint density at radius 1 is 1.50 bits per heavy atom. The lowest BCUT2D eigenvalue weighted by atomic mass is 10.2. The van der Waals surface area contributed by atoms with E-state index in [1.54, 1.807) is 6.21 Å². The first kappa shape index (κ1) is 11.5. The third-order valence-electron chi connectivity index (χ3n) is 1.42. The summed E-state index contributed by atoms with van der Waals surface area (Å²) in [5.41, 5.74) is 3.70. The van der Waals surface area contributed by atoms with Gasteiger partial charge in [-0.05, 0) is 24.0 Å². The minimum atomic E-state index is 0.648. The van der Waals surface area contributed by atoms with Crippen molar-refractivity contribution in [3.05, 3.63) is 34.9 Å². The second-order valence-corrected chi connectivity index (χ2v) is 4.33. The summed E-state index contributed by atoms with van der Waals surface area (Å²) in [6.45, 7) is 0. The number of nitrogens with one attached hydrogen (secondary N) is 1. The van der Waals surface area contributed by atoms with E-state index < -0.39 is 0 Å². The molecule has 0 saturated carbocycles. The van der Waals surface area contributed by atoms with E-state index in [4.69, 9.17) is 23.8 Å². The molecule has 0 saturated heterocycles. The van der Waals surface area contributed by atoms with E-state index in [1.165, 1.54) is 11.8 Å². The van der Waals surface area contributed by atoms with Gasteiger partial charge in [0.2, 0.25) is 0 Å². The van der Waals surface area contributed by atoms with Gasteiger partial charge in [0.15, 0.2) is 4.32 Å². The van der Waals surface area contributed by atoms with Crippen molar-refractivity contribution in [2.45, 2.75) is 0 Å². The molecule has 0 atom stereocenters. The fourth-order valence-corrected chi connectivity index (χ4v) is 1.08. The molecular weight excluding hydrogens is 236 g/mol. The molecule has 5 heteroatoms. The number of benzene rings is 1. The number of thioether (sulfide) groups is 1. The van der Waals surface area contributed by atoms with Crippen LogP contribution in [0.3, 0.4) is 0 Å². The molecule has 0 radical (unpaired) electrons. The summed E-state index contributed by atoms with van der Waals surface area (Å²) < 4.78 is 0.648. The van der Waals surface area contributed by atoms with Gasteiger partial charge in [-0.25, -0.2) is 0 Å². The van der Waals surface area contributed by atoms with Crippen molar-refractivity contribution < 1.29 is 0 Å². The van der Waals surface area contributed by atoms with Crippen molar-refractivity contribution in [2.75, 3.05) is 6.26 Å². The van der Waals surface area contributed by atoms with Crippen LogP contribution in [-0.2, 0) is 0 Å². The standard InChI is InChI=1S/C9H9ClN2S2/c1-14-9(13)12-11-6-7-2-4-8(10)5-3-7/h2-6H,1H3,(H,12,13)/b11-6-. The van der Waals surface area contributed by atoms with Crippen LogP contribution in [-0.4, -0.2) is 16.8 Å². The predicted molar refractivity (Wildman–Crippen MR) is 68.3 cm³/mol. The topological polar surface area (TPSA) is 24.4 Å². The second-order valence-electron chi connectivity index (χ2n) is 2.41. The Hall–Kier alpha value is -0.580. The molecular formula is C9H9ClN2S2. The van der Waals surface area contributed by atoms with Crippen molar-refractivity contribution in [1.82, 2.24) is 5.43 Å². The molecule has 1 N–H and O–H groups in total. The maximum absolute atomic E-state index is 5.73. The first-order valence-corrected chi connectivity index (χ1v) is 5.86. The lowest BCUT2D eigenvalue weighted by Gasteiger charge is -1.96. The van der Waals surface area contributed by atoms with Crippen LogP contribution in [0.1, 0.15) is 5.56 Å². The molecule has 74 valence electrons. The van der Waals surface area contributed by atoms with Crippen LogP contribution in [0, 0.1) is 0 Å². The van der Waals surface area contributed by atoms with Gasteiger partial charge in [0.1, 0.15) is 0 Å². The summed E-state index contributed by atoms with van der Waals surface area (Å²) in [6.07, 6.45) is 3.59. The van der Waals surface area contributed by atoms with Crippen molar-refractivity contribution in [3.63, 3.8) is 0 Å². The third-order valence-corrected chi connectivity index (χ3v) is 2.73. The average Bonchev–Trinajstić information content (AvgIpc) is 2.21. The van der Waals surface area contributed by atoms with E-state index >= 15 is 0 Å². The van der Waals surface area contributed by atoms with E-state index in [1.807, 2.05) is 30.5 Å². The van der Waals surface area contributed by atoms with Crippen molar-refractivity contribution in [3.8, 4) is 0 Å². The van der Waals surface area contributed by atoms with Gasteiger partial charge in [-0.15, -0.1) is 0 Å². The van der Waals surface area contributed by atoms with Crippen LogP contribution in [0.15, 0.2) is 29.4 Å². The quantitative estimate of drug-likeness (QED) is 0.492. The lowest BCUT2D eigenvalue weighted by molar-refractivity contribution is 1.07. The zero-order valence-electron chi connectivity index (χ0n) is 7.53. The van der Waals surface area contributed by atoms with Gasteiger partial charge < -0.3 is 0 Å². The summed E-state index contributed by atoms with van der Waals surface area (Å²) in [7, 11) is 0. The largest absolute Gasteiger partial charge is 0.262 e. The number of hydrogen-bond donors (Lipinski definition) is 1. The molecule has 0 spiro atoms. The molecule has 1 aromatic carbocycles. The summed E-state index contributed by atoms with van der Waals surface area (Å²) in [5.74, 6) is 0. The van der Waals surface area contributed by atoms with Gasteiger partial charge >= 0.3 is 0 Å². The Morgan fingerprint density at radius 3 is 2.71 bits per heavy atom. The Bertz CT molecular complexity index is 335. The molecule has 1 rings (SSSR count). The van der Waals surface area contributed by atoms with Gasteiger partial charge in [-0.1, -0.05) is 47.7 Å². The molecule has 0 unspecified atom stereocenters. The molecule has 2 nitrogen and oxygen atoms in total. The van der Waals surface area contributed by atoms with E-state index in [9.17, 15) is 0 Å². The molecule has 1 aromatic rings. The fourth-order valence-electron chi connectivity index (χ4n) is 0.754. The monoisotopic (exact) mass is 244 g/mol. The number of hydrogen-bond acceptors (Lipinski definition) is 3. The molecule has 0 aliphatic heterocycles. The van der Waals surface area contributed by atoms with Crippen LogP contribution in [0.4, 0.5) is 0 Å². The number of thiocarbonyl (C=S) groups is 1.